The van der Waals surface area contributed by atoms with E-state index in [0.717, 1.165) is 28.2 Å². The van der Waals surface area contributed by atoms with Gasteiger partial charge < -0.3 is 14.6 Å². The van der Waals surface area contributed by atoms with Crippen molar-refractivity contribution in [2.24, 2.45) is 14.1 Å². The average molecular weight is 334 g/mol. The van der Waals surface area contributed by atoms with E-state index in [1.165, 1.54) is 6.33 Å². The van der Waals surface area contributed by atoms with Crippen LogP contribution in [0, 0.1) is 0 Å². The molecule has 0 aliphatic heterocycles. The van der Waals surface area contributed by atoms with Crippen LogP contribution in [0.3, 0.4) is 0 Å². The molecule has 1 N–H and O–H groups in total. The molecule has 0 amide bonds. The van der Waals surface area contributed by atoms with Crippen LogP contribution in [0.15, 0.2) is 55.1 Å². The molecule has 0 atom stereocenters. The molecule has 4 aromatic rings. The molecule has 7 heteroatoms. The number of hydrogen-bond acceptors (Lipinski definition) is 5. The van der Waals surface area contributed by atoms with E-state index in [4.69, 9.17) is 4.74 Å². The number of nitrogens with zero attached hydrogens (tertiary/aromatic N) is 5. The molecular formula is C18H18N6O. The zero-order valence-corrected chi connectivity index (χ0v) is 14.0. The summed E-state index contributed by atoms with van der Waals surface area (Å²) in [6, 6.07) is 11.8. The van der Waals surface area contributed by atoms with E-state index in [2.05, 4.69) is 31.0 Å². The Bertz CT molecular complexity index is 1020. The van der Waals surface area contributed by atoms with E-state index in [1.54, 1.807) is 4.68 Å². The molecule has 0 saturated heterocycles. The van der Waals surface area contributed by atoms with Crippen LogP contribution in [-0.2, 0) is 20.6 Å². The molecule has 0 aliphatic carbocycles. The number of rotatable bonds is 5. The fourth-order valence-corrected chi connectivity index (χ4v) is 2.66. The van der Waals surface area contributed by atoms with Gasteiger partial charge in [-0.2, -0.15) is 5.10 Å². The summed E-state index contributed by atoms with van der Waals surface area (Å²) in [5.74, 6) is 2.07. The highest BCUT2D eigenvalue weighted by atomic mass is 16.5. The zero-order valence-electron chi connectivity index (χ0n) is 14.0. The second kappa shape index (κ2) is 6.27. The van der Waals surface area contributed by atoms with Gasteiger partial charge in [-0.3, -0.25) is 4.68 Å². The van der Waals surface area contributed by atoms with Crippen LogP contribution in [0.2, 0.25) is 0 Å². The smallest absolute Gasteiger partial charge is 0.222 e. The Kier molecular flexibility index (Phi) is 3.81. The molecule has 0 bridgehead atoms. The van der Waals surface area contributed by atoms with Gasteiger partial charge in [-0.1, -0.05) is 0 Å². The lowest BCUT2D eigenvalue weighted by molar-refractivity contribution is 0.461. The summed E-state index contributed by atoms with van der Waals surface area (Å²) in [7, 11) is 3.90. The molecule has 3 heterocycles. The lowest BCUT2D eigenvalue weighted by Gasteiger charge is -2.07. The van der Waals surface area contributed by atoms with E-state index in [-0.39, 0.29) is 0 Å². The standard InChI is InChI=1S/C18H18N6O/c1-23-7-5-13-9-15(3-4-16(13)23)25-18-10-14(20-12-21-18)11-19-17-6-8-24(2)22-17/h3-10,12H,11H2,1-2H3,(H,19,22). The summed E-state index contributed by atoms with van der Waals surface area (Å²) in [4.78, 5) is 8.46. The molecule has 4 rings (SSSR count). The summed E-state index contributed by atoms with van der Waals surface area (Å²) in [5, 5.41) is 8.63. The van der Waals surface area contributed by atoms with Gasteiger partial charge in [0.05, 0.1) is 12.2 Å². The molecule has 25 heavy (non-hydrogen) atoms. The number of ether oxygens (including phenoxy) is 1. The quantitative estimate of drug-likeness (QED) is 0.607. The first-order valence-electron chi connectivity index (χ1n) is 7.95. The summed E-state index contributed by atoms with van der Waals surface area (Å²) in [5.41, 5.74) is 1.99. The lowest BCUT2D eigenvalue weighted by atomic mass is 10.2. The zero-order chi connectivity index (χ0) is 17.2. The van der Waals surface area contributed by atoms with Gasteiger partial charge in [0, 0.05) is 49.5 Å². The third-order valence-electron chi connectivity index (χ3n) is 3.94. The van der Waals surface area contributed by atoms with E-state index >= 15 is 0 Å². The van der Waals surface area contributed by atoms with Gasteiger partial charge >= 0.3 is 0 Å². The van der Waals surface area contributed by atoms with Crippen molar-refractivity contribution in [3.05, 3.63) is 60.8 Å². The number of nitrogens with one attached hydrogen (secondary N) is 1. The fourth-order valence-electron chi connectivity index (χ4n) is 2.66. The number of anilines is 1. The minimum Gasteiger partial charge on any atom is -0.439 e. The van der Waals surface area contributed by atoms with Crippen LogP contribution in [0.1, 0.15) is 5.69 Å². The first-order valence-corrected chi connectivity index (χ1v) is 7.95. The first kappa shape index (κ1) is 15.2. The summed E-state index contributed by atoms with van der Waals surface area (Å²) < 4.78 is 9.71. The summed E-state index contributed by atoms with van der Waals surface area (Å²) >= 11 is 0. The minimum absolute atomic E-state index is 0.517. The fraction of sp³-hybridized carbons (Fsp3) is 0.167. The van der Waals surface area contributed by atoms with Crippen LogP contribution in [0.4, 0.5) is 5.82 Å². The van der Waals surface area contributed by atoms with Gasteiger partial charge in [0.25, 0.3) is 0 Å². The Morgan fingerprint density at radius 1 is 1.04 bits per heavy atom. The normalized spacial score (nSPS) is 11.0. The highest BCUT2D eigenvalue weighted by Crippen LogP contribution is 2.25. The van der Waals surface area contributed by atoms with Gasteiger partial charge in [-0.05, 0) is 24.3 Å². The van der Waals surface area contributed by atoms with Crippen LogP contribution in [-0.4, -0.2) is 24.3 Å². The monoisotopic (exact) mass is 334 g/mol. The number of benzene rings is 1. The van der Waals surface area contributed by atoms with E-state index < -0.39 is 0 Å². The van der Waals surface area contributed by atoms with Crippen molar-refractivity contribution in [2.45, 2.75) is 6.54 Å². The van der Waals surface area contributed by atoms with E-state index in [1.807, 2.05) is 56.8 Å². The second-order valence-corrected chi connectivity index (χ2v) is 5.83. The van der Waals surface area contributed by atoms with Gasteiger partial charge in [-0.15, -0.1) is 0 Å². The van der Waals surface area contributed by atoms with Crippen molar-refractivity contribution in [2.75, 3.05) is 5.32 Å². The Labute approximate surface area is 144 Å². The van der Waals surface area contributed by atoms with Crippen molar-refractivity contribution in [1.82, 2.24) is 24.3 Å². The predicted octanol–water partition coefficient (Wildman–Crippen LogP) is 3.11. The molecule has 0 fully saturated rings. The van der Waals surface area contributed by atoms with Crippen LogP contribution in [0.5, 0.6) is 11.6 Å². The van der Waals surface area contributed by atoms with Gasteiger partial charge in [0.15, 0.2) is 0 Å². The number of fused-ring (bicyclic) bond motifs is 1. The largest absolute Gasteiger partial charge is 0.439 e. The Hall–Kier alpha value is -3.35. The maximum absolute atomic E-state index is 5.88. The highest BCUT2D eigenvalue weighted by molar-refractivity contribution is 5.81. The maximum atomic E-state index is 5.88. The lowest BCUT2D eigenvalue weighted by Crippen LogP contribution is -2.03. The minimum atomic E-state index is 0.517. The topological polar surface area (TPSA) is 69.8 Å². The predicted molar refractivity (Wildman–Crippen MR) is 95.6 cm³/mol. The number of hydrogen-bond donors (Lipinski definition) is 1. The van der Waals surface area contributed by atoms with Gasteiger partial charge in [0.1, 0.15) is 17.9 Å². The molecule has 7 nitrogen and oxygen atoms in total. The Morgan fingerprint density at radius 2 is 1.96 bits per heavy atom. The molecule has 1 aromatic carbocycles. The van der Waals surface area contributed by atoms with Crippen molar-refractivity contribution >= 4 is 16.7 Å². The molecule has 0 radical (unpaired) electrons. The highest BCUT2D eigenvalue weighted by Gasteiger charge is 2.05. The molecule has 0 unspecified atom stereocenters. The number of aryl methyl sites for hydroxylation is 2. The molecule has 126 valence electrons. The number of aromatic nitrogens is 5. The van der Waals surface area contributed by atoms with Crippen LogP contribution >= 0.6 is 0 Å². The Balaban J connectivity index is 1.48. The van der Waals surface area contributed by atoms with Crippen molar-refractivity contribution in [3.63, 3.8) is 0 Å². The summed E-state index contributed by atoms with van der Waals surface area (Å²) in [6.07, 6.45) is 5.42. The van der Waals surface area contributed by atoms with Crippen molar-refractivity contribution in [1.29, 1.82) is 0 Å². The second-order valence-electron chi connectivity index (χ2n) is 5.83. The SMILES string of the molecule is Cn1ccc(NCc2cc(Oc3ccc4c(ccn4C)c3)ncn2)n1. The summed E-state index contributed by atoms with van der Waals surface area (Å²) in [6.45, 7) is 0.549. The molecule has 0 aliphatic rings. The molecular weight excluding hydrogens is 316 g/mol. The third kappa shape index (κ3) is 3.30. The van der Waals surface area contributed by atoms with E-state index in [9.17, 15) is 0 Å². The van der Waals surface area contributed by atoms with Gasteiger partial charge in [-0.25, -0.2) is 9.97 Å². The first-order chi connectivity index (χ1) is 12.2. The van der Waals surface area contributed by atoms with Crippen LogP contribution < -0.4 is 10.1 Å². The van der Waals surface area contributed by atoms with Crippen LogP contribution in [0.25, 0.3) is 10.9 Å². The van der Waals surface area contributed by atoms with Crippen molar-refractivity contribution < 1.29 is 4.74 Å². The van der Waals surface area contributed by atoms with Crippen molar-refractivity contribution in [3.8, 4) is 11.6 Å². The maximum Gasteiger partial charge on any atom is 0.222 e. The van der Waals surface area contributed by atoms with E-state index in [0.29, 0.717) is 12.4 Å². The molecule has 0 spiro atoms. The Morgan fingerprint density at radius 3 is 2.80 bits per heavy atom. The molecule has 3 aromatic heterocycles. The third-order valence-corrected chi connectivity index (χ3v) is 3.94. The van der Waals surface area contributed by atoms with Gasteiger partial charge in [0.2, 0.25) is 5.88 Å². The average Bonchev–Trinajstić information content (AvgIpc) is 3.19. The molecule has 0 saturated carbocycles.